The fourth-order valence-electron chi connectivity index (χ4n) is 2.09. The number of H-pyrrole nitrogens is 1. The minimum Gasteiger partial charge on any atom is -0.494 e. The maximum Gasteiger partial charge on any atom is 0.200 e. The van der Waals surface area contributed by atoms with Crippen LogP contribution in [0.25, 0.3) is 10.9 Å². The smallest absolute Gasteiger partial charge is 0.200 e. The molecule has 3 rings (SSSR count). The third-order valence-corrected chi connectivity index (χ3v) is 4.05. The van der Waals surface area contributed by atoms with Gasteiger partial charge in [0.15, 0.2) is 5.78 Å². The Labute approximate surface area is 118 Å². The summed E-state index contributed by atoms with van der Waals surface area (Å²) in [6.45, 7) is 0. The van der Waals surface area contributed by atoms with Crippen molar-refractivity contribution in [1.82, 2.24) is 4.98 Å². The lowest BCUT2D eigenvalue weighted by molar-refractivity contribution is 0.0993. The molecule has 96 valence electrons. The van der Waals surface area contributed by atoms with Crippen molar-refractivity contribution in [3.05, 3.63) is 51.2 Å². The SMILES string of the molecule is O=C(Cc1cccs1)c1c(O)[nH]c2ccc(Cl)cc12. The first-order chi connectivity index (χ1) is 9.15. The van der Waals surface area contributed by atoms with Gasteiger partial charge in [0.05, 0.1) is 5.56 Å². The van der Waals surface area contributed by atoms with Crippen molar-refractivity contribution >= 4 is 39.6 Å². The van der Waals surface area contributed by atoms with Crippen LogP contribution < -0.4 is 0 Å². The molecule has 2 N–H and O–H groups in total. The van der Waals surface area contributed by atoms with Gasteiger partial charge in [0.2, 0.25) is 5.88 Å². The van der Waals surface area contributed by atoms with Crippen molar-refractivity contribution < 1.29 is 9.90 Å². The van der Waals surface area contributed by atoms with Gasteiger partial charge < -0.3 is 10.1 Å². The topological polar surface area (TPSA) is 53.1 Å². The number of rotatable bonds is 3. The van der Waals surface area contributed by atoms with Crippen LogP contribution in [0, 0.1) is 0 Å². The molecule has 2 aromatic heterocycles. The van der Waals surface area contributed by atoms with E-state index in [9.17, 15) is 9.90 Å². The Morgan fingerprint density at radius 1 is 1.37 bits per heavy atom. The average Bonchev–Trinajstić information content (AvgIpc) is 2.95. The van der Waals surface area contributed by atoms with Gasteiger partial charge in [-0.1, -0.05) is 17.7 Å². The molecule has 0 aliphatic heterocycles. The molecule has 0 saturated carbocycles. The standard InChI is InChI=1S/C14H10ClNO2S/c15-8-3-4-11-10(6-8)13(14(18)16-11)12(17)7-9-2-1-5-19-9/h1-6,16,18H,7H2. The van der Waals surface area contributed by atoms with Crippen molar-refractivity contribution in [3.8, 4) is 5.88 Å². The molecule has 3 nitrogen and oxygen atoms in total. The molecule has 0 aliphatic carbocycles. The maximum absolute atomic E-state index is 12.3. The van der Waals surface area contributed by atoms with Crippen molar-refractivity contribution in [2.24, 2.45) is 0 Å². The van der Waals surface area contributed by atoms with E-state index < -0.39 is 0 Å². The largest absolute Gasteiger partial charge is 0.494 e. The van der Waals surface area contributed by atoms with E-state index in [1.54, 1.807) is 18.2 Å². The van der Waals surface area contributed by atoms with Gasteiger partial charge in [-0.2, -0.15) is 0 Å². The highest BCUT2D eigenvalue weighted by molar-refractivity contribution is 7.10. The van der Waals surface area contributed by atoms with E-state index in [0.29, 0.717) is 21.5 Å². The van der Waals surface area contributed by atoms with Crippen molar-refractivity contribution in [3.63, 3.8) is 0 Å². The van der Waals surface area contributed by atoms with Gasteiger partial charge in [-0.15, -0.1) is 11.3 Å². The van der Waals surface area contributed by atoms with Gasteiger partial charge in [0.25, 0.3) is 0 Å². The predicted octanol–water partition coefficient (Wildman–Crippen LogP) is 4.01. The Hall–Kier alpha value is -1.78. The zero-order valence-electron chi connectivity index (χ0n) is 9.81. The second kappa shape index (κ2) is 4.72. The predicted molar refractivity (Wildman–Crippen MR) is 77.3 cm³/mol. The highest BCUT2D eigenvalue weighted by Crippen LogP contribution is 2.30. The number of halogens is 1. The molecule has 5 heteroatoms. The van der Waals surface area contributed by atoms with E-state index in [2.05, 4.69) is 4.98 Å². The molecule has 0 atom stereocenters. The summed E-state index contributed by atoms with van der Waals surface area (Å²) in [6, 6.07) is 8.96. The first-order valence-electron chi connectivity index (χ1n) is 5.71. The molecule has 1 aromatic carbocycles. The molecule has 0 aliphatic rings. The van der Waals surface area contributed by atoms with Gasteiger partial charge in [0, 0.05) is 27.2 Å². The summed E-state index contributed by atoms with van der Waals surface area (Å²) in [7, 11) is 0. The number of nitrogens with one attached hydrogen (secondary N) is 1. The van der Waals surface area contributed by atoms with E-state index in [1.165, 1.54) is 11.3 Å². The Kier molecular flexibility index (Phi) is 3.05. The van der Waals surface area contributed by atoms with Crippen LogP contribution in [0.3, 0.4) is 0 Å². The molecule has 0 amide bonds. The van der Waals surface area contributed by atoms with Gasteiger partial charge in [0.1, 0.15) is 0 Å². The summed E-state index contributed by atoms with van der Waals surface area (Å²) < 4.78 is 0. The molecule has 0 saturated heterocycles. The number of aromatic hydroxyl groups is 1. The quantitative estimate of drug-likeness (QED) is 0.716. The molecule has 19 heavy (non-hydrogen) atoms. The van der Waals surface area contributed by atoms with Gasteiger partial charge in [-0.25, -0.2) is 0 Å². The lowest BCUT2D eigenvalue weighted by atomic mass is 10.1. The summed E-state index contributed by atoms with van der Waals surface area (Å²) in [5.41, 5.74) is 1.02. The minimum atomic E-state index is -0.117. The summed E-state index contributed by atoms with van der Waals surface area (Å²) in [5, 5.41) is 13.0. The summed E-state index contributed by atoms with van der Waals surface area (Å²) in [6.07, 6.45) is 0.282. The first kappa shape index (κ1) is 12.3. The Morgan fingerprint density at radius 3 is 2.95 bits per heavy atom. The molecule has 0 spiro atoms. The highest BCUT2D eigenvalue weighted by atomic mass is 35.5. The monoisotopic (exact) mass is 291 g/mol. The zero-order chi connectivity index (χ0) is 13.4. The number of carbonyl (C=O) groups excluding carboxylic acids is 1. The number of thiophene rings is 1. The van der Waals surface area contributed by atoms with Crippen LogP contribution in [0.1, 0.15) is 15.2 Å². The molecule has 3 aromatic rings. The first-order valence-corrected chi connectivity index (χ1v) is 6.96. The van der Waals surface area contributed by atoms with E-state index in [4.69, 9.17) is 11.6 Å². The minimum absolute atomic E-state index is 0.0983. The lowest BCUT2D eigenvalue weighted by Crippen LogP contribution is -2.01. The second-order valence-electron chi connectivity index (χ2n) is 4.22. The molecule has 0 fully saturated rings. The fourth-order valence-corrected chi connectivity index (χ4v) is 2.97. The Bertz CT molecular complexity index is 746. The fraction of sp³-hybridized carbons (Fsp3) is 0.0714. The number of benzene rings is 1. The number of carbonyl (C=O) groups is 1. The van der Waals surface area contributed by atoms with Crippen LogP contribution in [0.15, 0.2) is 35.7 Å². The second-order valence-corrected chi connectivity index (χ2v) is 5.69. The molecule has 0 bridgehead atoms. The molecule has 0 radical (unpaired) electrons. The van der Waals surface area contributed by atoms with Crippen molar-refractivity contribution in [2.45, 2.75) is 6.42 Å². The number of fused-ring (bicyclic) bond motifs is 1. The van der Waals surface area contributed by atoms with Crippen molar-refractivity contribution in [2.75, 3.05) is 0 Å². The number of hydrogen-bond acceptors (Lipinski definition) is 3. The van der Waals surface area contributed by atoms with E-state index in [-0.39, 0.29) is 18.1 Å². The third kappa shape index (κ3) is 2.25. The van der Waals surface area contributed by atoms with Crippen molar-refractivity contribution in [1.29, 1.82) is 0 Å². The third-order valence-electron chi connectivity index (χ3n) is 2.93. The summed E-state index contributed by atoms with van der Waals surface area (Å²) >= 11 is 7.47. The number of aromatic amines is 1. The average molecular weight is 292 g/mol. The van der Waals surface area contributed by atoms with Gasteiger partial charge in [-0.3, -0.25) is 4.79 Å². The van der Waals surface area contributed by atoms with E-state index in [1.807, 2.05) is 17.5 Å². The Morgan fingerprint density at radius 2 is 2.21 bits per heavy atom. The van der Waals surface area contributed by atoms with Crippen LogP contribution in [-0.4, -0.2) is 15.9 Å². The van der Waals surface area contributed by atoms with Crippen LogP contribution in [0.5, 0.6) is 5.88 Å². The lowest BCUT2D eigenvalue weighted by Gasteiger charge is -1.99. The molecular formula is C14H10ClNO2S. The molecular weight excluding hydrogens is 282 g/mol. The number of ketones is 1. The summed E-state index contributed by atoms with van der Waals surface area (Å²) in [4.78, 5) is 16.1. The number of Topliss-reactive ketones (excluding diaryl/α,β-unsaturated/α-hetero) is 1. The van der Waals surface area contributed by atoms with Crippen LogP contribution >= 0.6 is 22.9 Å². The highest BCUT2D eigenvalue weighted by Gasteiger charge is 2.19. The van der Waals surface area contributed by atoms with Crippen LogP contribution in [-0.2, 0) is 6.42 Å². The number of hydrogen-bond donors (Lipinski definition) is 2. The maximum atomic E-state index is 12.3. The normalized spacial score (nSPS) is 11.0. The van der Waals surface area contributed by atoms with Crippen LogP contribution in [0.4, 0.5) is 0 Å². The van der Waals surface area contributed by atoms with E-state index >= 15 is 0 Å². The van der Waals surface area contributed by atoms with Gasteiger partial charge in [-0.05, 0) is 29.6 Å². The Balaban J connectivity index is 2.06. The number of aromatic nitrogens is 1. The summed E-state index contributed by atoms with van der Waals surface area (Å²) in [5.74, 6) is -0.215. The van der Waals surface area contributed by atoms with Crippen LogP contribution in [0.2, 0.25) is 5.02 Å². The molecule has 0 unspecified atom stereocenters. The zero-order valence-corrected chi connectivity index (χ0v) is 11.4. The van der Waals surface area contributed by atoms with Gasteiger partial charge >= 0.3 is 0 Å². The molecule has 2 heterocycles. The van der Waals surface area contributed by atoms with E-state index in [0.717, 1.165) is 4.88 Å².